The molecule has 0 radical (unpaired) electrons. The van der Waals surface area contributed by atoms with Crippen molar-refractivity contribution >= 4 is 5.91 Å². The van der Waals surface area contributed by atoms with Crippen LogP contribution in [-0.2, 0) is 10.2 Å². The molecule has 1 amide bonds. The van der Waals surface area contributed by atoms with Gasteiger partial charge in [-0.2, -0.15) is 0 Å². The number of amides is 1. The Morgan fingerprint density at radius 3 is 2.62 bits per heavy atom. The third-order valence-electron chi connectivity index (χ3n) is 5.25. The van der Waals surface area contributed by atoms with Gasteiger partial charge in [-0.15, -0.1) is 0 Å². The van der Waals surface area contributed by atoms with Gasteiger partial charge in [0.2, 0.25) is 5.91 Å². The van der Waals surface area contributed by atoms with Gasteiger partial charge < -0.3 is 10.2 Å². The van der Waals surface area contributed by atoms with Gasteiger partial charge >= 0.3 is 0 Å². The van der Waals surface area contributed by atoms with Crippen molar-refractivity contribution in [1.29, 1.82) is 0 Å². The molecular formula is C18H26N2O. The topological polar surface area (TPSA) is 32.3 Å². The summed E-state index contributed by atoms with van der Waals surface area (Å²) in [6.45, 7) is 4.97. The van der Waals surface area contributed by atoms with Crippen LogP contribution in [0.25, 0.3) is 0 Å². The Balaban J connectivity index is 1.92. The Morgan fingerprint density at radius 2 is 1.90 bits per heavy atom. The average Bonchev–Trinajstić information content (AvgIpc) is 2.92. The van der Waals surface area contributed by atoms with Crippen LogP contribution in [0, 0.1) is 0 Å². The maximum Gasteiger partial charge on any atom is 0.233 e. The molecule has 1 aromatic rings. The SMILES string of the molecule is CC1CCNCCN1C(=O)C1(c2ccccc2)CCCC1. The Hall–Kier alpha value is -1.35. The molecule has 1 saturated carbocycles. The van der Waals surface area contributed by atoms with E-state index >= 15 is 0 Å². The maximum atomic E-state index is 13.4. The van der Waals surface area contributed by atoms with Gasteiger partial charge in [-0.1, -0.05) is 43.2 Å². The minimum Gasteiger partial charge on any atom is -0.338 e. The van der Waals surface area contributed by atoms with Crippen LogP contribution in [0.5, 0.6) is 0 Å². The number of hydrogen-bond acceptors (Lipinski definition) is 2. The van der Waals surface area contributed by atoms with Crippen molar-refractivity contribution in [3.8, 4) is 0 Å². The molecule has 3 heteroatoms. The highest BCUT2D eigenvalue weighted by atomic mass is 16.2. The highest BCUT2D eigenvalue weighted by Gasteiger charge is 2.45. The van der Waals surface area contributed by atoms with Crippen molar-refractivity contribution in [3.05, 3.63) is 35.9 Å². The third kappa shape index (κ3) is 2.71. The molecule has 21 heavy (non-hydrogen) atoms. The molecule has 1 aromatic carbocycles. The molecule has 1 aliphatic heterocycles. The van der Waals surface area contributed by atoms with Crippen molar-refractivity contribution < 1.29 is 4.79 Å². The predicted octanol–water partition coefficient (Wildman–Crippen LogP) is 2.71. The van der Waals surface area contributed by atoms with E-state index in [1.54, 1.807) is 0 Å². The van der Waals surface area contributed by atoms with Crippen LogP contribution >= 0.6 is 0 Å². The number of nitrogens with one attached hydrogen (secondary N) is 1. The Kier molecular flexibility index (Phi) is 4.29. The first kappa shape index (κ1) is 14.6. The lowest BCUT2D eigenvalue weighted by molar-refractivity contribution is -0.139. The fourth-order valence-electron chi connectivity index (χ4n) is 3.95. The number of carbonyl (C=O) groups excluding carboxylic acids is 1. The highest BCUT2D eigenvalue weighted by molar-refractivity contribution is 5.89. The summed E-state index contributed by atoms with van der Waals surface area (Å²) in [6, 6.07) is 10.8. The van der Waals surface area contributed by atoms with E-state index in [0.29, 0.717) is 11.9 Å². The van der Waals surface area contributed by atoms with Crippen molar-refractivity contribution in [3.63, 3.8) is 0 Å². The van der Waals surface area contributed by atoms with E-state index in [-0.39, 0.29) is 5.41 Å². The molecule has 1 aliphatic carbocycles. The second kappa shape index (κ2) is 6.18. The van der Waals surface area contributed by atoms with Crippen molar-refractivity contribution in [2.45, 2.75) is 50.5 Å². The van der Waals surface area contributed by atoms with Crippen LogP contribution in [0.3, 0.4) is 0 Å². The summed E-state index contributed by atoms with van der Waals surface area (Å²) in [5.74, 6) is 0.363. The second-order valence-electron chi connectivity index (χ2n) is 6.54. The maximum absolute atomic E-state index is 13.4. The van der Waals surface area contributed by atoms with Crippen LogP contribution in [0.15, 0.2) is 30.3 Å². The summed E-state index contributed by atoms with van der Waals surface area (Å²) in [4.78, 5) is 15.5. The zero-order valence-electron chi connectivity index (χ0n) is 13.0. The van der Waals surface area contributed by atoms with Crippen LogP contribution in [0.1, 0.15) is 44.6 Å². The Morgan fingerprint density at radius 1 is 1.19 bits per heavy atom. The van der Waals surface area contributed by atoms with E-state index in [1.807, 2.05) is 6.07 Å². The molecule has 1 unspecified atom stereocenters. The van der Waals surface area contributed by atoms with Crippen LogP contribution in [0.4, 0.5) is 0 Å². The van der Waals surface area contributed by atoms with E-state index in [0.717, 1.165) is 38.9 Å². The summed E-state index contributed by atoms with van der Waals surface area (Å²) in [7, 11) is 0. The normalized spacial score (nSPS) is 25.6. The molecule has 2 fully saturated rings. The first-order chi connectivity index (χ1) is 10.2. The van der Waals surface area contributed by atoms with Crippen molar-refractivity contribution in [2.24, 2.45) is 0 Å². The first-order valence-corrected chi connectivity index (χ1v) is 8.31. The van der Waals surface area contributed by atoms with Crippen LogP contribution in [-0.4, -0.2) is 36.5 Å². The van der Waals surface area contributed by atoms with Gasteiger partial charge in [-0.05, 0) is 38.3 Å². The van der Waals surface area contributed by atoms with E-state index in [1.165, 1.54) is 18.4 Å². The molecule has 1 atom stereocenters. The van der Waals surface area contributed by atoms with Gasteiger partial charge in [0.1, 0.15) is 0 Å². The monoisotopic (exact) mass is 286 g/mol. The number of nitrogens with zero attached hydrogens (tertiary/aromatic N) is 1. The standard InChI is InChI=1S/C18H26N2O/c1-15-9-12-19-13-14-20(15)17(21)18(10-5-6-11-18)16-7-3-2-4-8-16/h2-4,7-8,15,19H,5-6,9-14H2,1H3. The van der Waals surface area contributed by atoms with Gasteiger partial charge in [-0.25, -0.2) is 0 Å². The van der Waals surface area contributed by atoms with Gasteiger partial charge in [0, 0.05) is 19.1 Å². The van der Waals surface area contributed by atoms with E-state index in [2.05, 4.69) is 41.4 Å². The Labute approximate surface area is 127 Å². The zero-order valence-corrected chi connectivity index (χ0v) is 13.0. The predicted molar refractivity (Wildman–Crippen MR) is 85.2 cm³/mol. The summed E-state index contributed by atoms with van der Waals surface area (Å²) in [5.41, 5.74) is 0.955. The average molecular weight is 286 g/mol. The molecule has 0 spiro atoms. The molecule has 1 heterocycles. The molecule has 3 rings (SSSR count). The lowest BCUT2D eigenvalue weighted by Gasteiger charge is -2.37. The number of hydrogen-bond donors (Lipinski definition) is 1. The van der Waals surface area contributed by atoms with E-state index in [9.17, 15) is 4.79 Å². The fourth-order valence-corrected chi connectivity index (χ4v) is 3.95. The summed E-state index contributed by atoms with van der Waals surface area (Å²) >= 11 is 0. The number of carbonyl (C=O) groups is 1. The quantitative estimate of drug-likeness (QED) is 0.906. The van der Waals surface area contributed by atoms with E-state index in [4.69, 9.17) is 0 Å². The summed E-state index contributed by atoms with van der Waals surface area (Å²) in [5, 5.41) is 3.41. The molecule has 0 bridgehead atoms. The molecule has 2 aliphatic rings. The minimum atomic E-state index is -0.264. The molecule has 1 saturated heterocycles. The van der Waals surface area contributed by atoms with Gasteiger partial charge in [0.05, 0.1) is 5.41 Å². The van der Waals surface area contributed by atoms with E-state index < -0.39 is 0 Å². The van der Waals surface area contributed by atoms with Gasteiger partial charge in [-0.3, -0.25) is 4.79 Å². The summed E-state index contributed by atoms with van der Waals surface area (Å²) < 4.78 is 0. The van der Waals surface area contributed by atoms with Crippen LogP contribution < -0.4 is 5.32 Å². The minimum absolute atomic E-state index is 0.264. The molecule has 0 aromatic heterocycles. The van der Waals surface area contributed by atoms with Crippen LogP contribution in [0.2, 0.25) is 0 Å². The van der Waals surface area contributed by atoms with Crippen molar-refractivity contribution in [2.75, 3.05) is 19.6 Å². The lowest BCUT2D eigenvalue weighted by atomic mass is 9.77. The highest BCUT2D eigenvalue weighted by Crippen LogP contribution is 2.43. The number of benzene rings is 1. The summed E-state index contributed by atoms with van der Waals surface area (Å²) in [6.07, 6.45) is 5.40. The van der Waals surface area contributed by atoms with Gasteiger partial charge in [0.25, 0.3) is 0 Å². The molecule has 114 valence electrons. The van der Waals surface area contributed by atoms with Crippen molar-refractivity contribution in [1.82, 2.24) is 10.2 Å². The lowest BCUT2D eigenvalue weighted by Crippen LogP contribution is -2.49. The number of rotatable bonds is 2. The zero-order chi connectivity index (χ0) is 14.7. The second-order valence-corrected chi connectivity index (χ2v) is 6.54. The molecule has 1 N–H and O–H groups in total. The third-order valence-corrected chi connectivity index (χ3v) is 5.25. The largest absolute Gasteiger partial charge is 0.338 e. The van der Waals surface area contributed by atoms with Gasteiger partial charge in [0.15, 0.2) is 0 Å². The molecular weight excluding hydrogens is 260 g/mol. The first-order valence-electron chi connectivity index (χ1n) is 8.31. The smallest absolute Gasteiger partial charge is 0.233 e. The Bertz CT molecular complexity index is 479. The fraction of sp³-hybridized carbons (Fsp3) is 0.611. The molecule has 3 nitrogen and oxygen atoms in total.